The van der Waals surface area contributed by atoms with Crippen LogP contribution < -0.4 is 42.4 Å². The Balaban J connectivity index is 0.677. The Kier molecular flexibility index (Phi) is 21.8. The van der Waals surface area contributed by atoms with E-state index in [1.165, 1.54) is 52.5 Å². The van der Waals surface area contributed by atoms with Gasteiger partial charge in [0.05, 0.1) is 71.2 Å². The van der Waals surface area contributed by atoms with E-state index in [0.29, 0.717) is 87.6 Å². The van der Waals surface area contributed by atoms with Gasteiger partial charge in [-0.3, -0.25) is 43.2 Å². The van der Waals surface area contributed by atoms with Gasteiger partial charge >= 0.3 is 18.0 Å². The minimum absolute atomic E-state index is 0.00590. The lowest BCUT2D eigenvalue weighted by atomic mass is 9.81. The van der Waals surface area contributed by atoms with Crippen LogP contribution in [0, 0.1) is 25.6 Å². The van der Waals surface area contributed by atoms with E-state index >= 15 is 4.39 Å². The molecule has 7 aromatic rings. The number of imide groups is 1. The monoisotopic (exact) mass is 1410 g/mol. The summed E-state index contributed by atoms with van der Waals surface area (Å²) < 4.78 is 34.7. The molecule has 9 amide bonds. The summed E-state index contributed by atoms with van der Waals surface area (Å²) in [6, 6.07) is 27.3. The number of anilines is 2. The van der Waals surface area contributed by atoms with Crippen molar-refractivity contribution in [1.82, 2.24) is 41.0 Å². The second-order valence-electron chi connectivity index (χ2n) is 26.1. The topological polar surface area (TPSA) is 329 Å². The molecule has 25 nitrogen and oxygen atoms in total. The Morgan fingerprint density at radius 3 is 2.26 bits per heavy atom. The molecule has 102 heavy (non-hydrogen) atoms. The van der Waals surface area contributed by atoms with Gasteiger partial charge in [-0.1, -0.05) is 81.4 Å². The highest BCUT2D eigenvalue weighted by molar-refractivity contribution is 8.00. The molecule has 6 N–H and O–H groups in total. The number of cyclic esters (lactones) is 1. The number of fused-ring (bicyclic) bond motifs is 5. The number of hydrogen-bond donors (Lipinski definition) is 6. The fourth-order valence-corrected chi connectivity index (χ4v) is 13.9. The summed E-state index contributed by atoms with van der Waals surface area (Å²) in [5.41, 5.74) is 4.18. The number of nitrogens with zero attached hydrogens (tertiary/aromatic N) is 4. The molecule has 11 rings (SSSR count). The van der Waals surface area contributed by atoms with Crippen LogP contribution in [0.2, 0.25) is 0 Å². The van der Waals surface area contributed by atoms with Crippen LogP contribution >= 0.6 is 11.8 Å². The highest BCUT2D eigenvalue weighted by atomic mass is 32.2. The van der Waals surface area contributed by atoms with E-state index < -0.39 is 114 Å². The largest absolute Gasteiger partial charge is 0.457 e. The van der Waals surface area contributed by atoms with Crippen molar-refractivity contribution in [2.75, 3.05) is 43.2 Å². The van der Waals surface area contributed by atoms with E-state index in [-0.39, 0.29) is 78.7 Å². The zero-order valence-corrected chi connectivity index (χ0v) is 58.1. The van der Waals surface area contributed by atoms with Crippen molar-refractivity contribution < 1.29 is 71.3 Å². The number of halogens is 1. The standard InChI is InChI=1S/C75H77FN10O15S/c1-8-75(53-30-58-67-51(37-85(58)70(94)52(53)39-99-73(75)97)66-55(81-60(87)25-18-40(2)3)24-23-49-42(5)54(76)31-56(83-67)65(49)66)101-72(96)50-17-13-12-16-45(50)36-84(6)74(98)100-38-44-19-21-47(22-20-44)80-62(89)35-79-69(93)57(28-43-14-10-9-11-15-43)82-63(90)34-77-61(88)33-78-68(92)46-26-41(4)27-48(29-46)86-64(91)32-59(102-7)71(86)95/h9-17,19-22,26-27,29-31,40,55,57,59H,8,18,23-25,28,32-39H2,1-7H3,(H,77,88)(H,78,92)(H,79,93)(H,80,89)(H,81,87)(H,82,90)/t55-,57-,59?,75-/m0/s1. The summed E-state index contributed by atoms with van der Waals surface area (Å²) in [6.07, 6.45) is 2.87. The molecule has 4 atom stereocenters. The van der Waals surface area contributed by atoms with E-state index in [4.69, 9.17) is 19.2 Å². The van der Waals surface area contributed by atoms with E-state index in [1.54, 1.807) is 112 Å². The third-order valence-corrected chi connectivity index (χ3v) is 19.6. The number of aromatic nitrogens is 2. The number of nitrogens with one attached hydrogen (secondary N) is 6. The first kappa shape index (κ1) is 72.2. The van der Waals surface area contributed by atoms with Crippen LogP contribution in [0.4, 0.5) is 20.6 Å². The third kappa shape index (κ3) is 15.4. The number of pyridine rings is 2. The highest BCUT2D eigenvalue weighted by Crippen LogP contribution is 2.47. The summed E-state index contributed by atoms with van der Waals surface area (Å²) in [5, 5.41) is 16.1. The predicted molar refractivity (Wildman–Crippen MR) is 375 cm³/mol. The van der Waals surface area contributed by atoms with Crippen LogP contribution in [-0.4, -0.2) is 124 Å². The van der Waals surface area contributed by atoms with E-state index in [1.807, 2.05) is 13.8 Å². The Labute approximate surface area is 590 Å². The summed E-state index contributed by atoms with van der Waals surface area (Å²) >= 11 is 1.26. The number of carbonyl (C=O) groups excluding carboxylic acids is 11. The molecule has 0 spiro atoms. The molecule has 1 unspecified atom stereocenters. The van der Waals surface area contributed by atoms with Crippen LogP contribution in [0.5, 0.6) is 0 Å². The number of amides is 9. The van der Waals surface area contributed by atoms with Crippen LogP contribution in [0.3, 0.4) is 0 Å². The van der Waals surface area contributed by atoms with Gasteiger partial charge in [-0.15, -0.1) is 0 Å². The summed E-state index contributed by atoms with van der Waals surface area (Å²) in [4.78, 5) is 169. The van der Waals surface area contributed by atoms with Crippen LogP contribution in [0.25, 0.3) is 22.3 Å². The van der Waals surface area contributed by atoms with Crippen LogP contribution in [0.15, 0.2) is 114 Å². The first-order valence-electron chi connectivity index (χ1n) is 33.5. The molecule has 0 bridgehead atoms. The molecule has 2 aromatic heterocycles. The Bertz CT molecular complexity index is 4640. The average Bonchev–Trinajstić information content (AvgIpc) is 1.49. The first-order valence-corrected chi connectivity index (χ1v) is 34.8. The van der Waals surface area contributed by atoms with E-state index in [9.17, 15) is 57.5 Å². The van der Waals surface area contributed by atoms with Gasteiger partial charge in [0, 0.05) is 66.7 Å². The zero-order chi connectivity index (χ0) is 72.8. The van der Waals surface area contributed by atoms with Crippen molar-refractivity contribution in [3.8, 4) is 11.4 Å². The van der Waals surface area contributed by atoms with Crippen LogP contribution in [0.1, 0.15) is 135 Å². The molecule has 3 aliphatic heterocycles. The lowest BCUT2D eigenvalue weighted by Gasteiger charge is -2.35. The predicted octanol–water partition coefficient (Wildman–Crippen LogP) is 7.33. The molecule has 4 aliphatic rings. The maximum Gasteiger partial charge on any atom is 0.410 e. The number of hydrogen-bond acceptors (Lipinski definition) is 17. The lowest BCUT2D eigenvalue weighted by molar-refractivity contribution is -0.173. The smallest absolute Gasteiger partial charge is 0.410 e. The average molecular weight is 1410 g/mol. The number of carbonyl (C=O) groups is 11. The summed E-state index contributed by atoms with van der Waals surface area (Å²) in [5.74, 6) is -6.34. The van der Waals surface area contributed by atoms with E-state index in [2.05, 4.69) is 31.9 Å². The second-order valence-corrected chi connectivity index (χ2v) is 27.2. The number of rotatable bonds is 25. The number of esters is 2. The van der Waals surface area contributed by atoms with Gasteiger partial charge in [-0.05, 0) is 133 Å². The maximum absolute atomic E-state index is 15.7. The number of aryl methyl sites for hydroxylation is 2. The van der Waals surface area contributed by atoms with Crippen molar-refractivity contribution in [2.45, 2.75) is 129 Å². The molecule has 0 saturated carbocycles. The quantitative estimate of drug-likeness (QED) is 0.0185. The SMILES string of the molecule is CC[C@@]1(OC(=O)c2ccccc2CN(C)C(=O)OCc2ccc(NC(=O)CNC(=O)[C@H](Cc3ccccc3)NC(=O)CNC(=O)CNC(=O)c3cc(C)cc(N4C(=O)CC(SC)C4=O)c3)cc2)C(=O)OCc2c1cc1n(c2=O)Cc2c-1nc1cc(F)c(C)c3c1c2[C@@H](NC(=O)CCC(C)C)CC3. The zero-order valence-electron chi connectivity index (χ0n) is 57.3. The summed E-state index contributed by atoms with van der Waals surface area (Å²) in [6.45, 7) is 6.83. The van der Waals surface area contributed by atoms with Gasteiger partial charge in [0.1, 0.15) is 25.1 Å². The van der Waals surface area contributed by atoms with Gasteiger partial charge in [-0.2, -0.15) is 11.8 Å². The van der Waals surface area contributed by atoms with Crippen molar-refractivity contribution in [1.29, 1.82) is 0 Å². The molecule has 1 fully saturated rings. The number of ether oxygens (including phenoxy) is 3. The molecule has 1 aliphatic carbocycles. The third-order valence-electron chi connectivity index (χ3n) is 18.6. The second kappa shape index (κ2) is 30.8. The molecule has 1 saturated heterocycles. The number of benzene rings is 5. The van der Waals surface area contributed by atoms with Crippen molar-refractivity contribution in [2.24, 2.45) is 5.92 Å². The lowest BCUT2D eigenvalue weighted by Crippen LogP contribution is -2.52. The Morgan fingerprint density at radius 2 is 1.54 bits per heavy atom. The minimum atomic E-state index is -2.12. The minimum Gasteiger partial charge on any atom is -0.457 e. The molecule has 5 heterocycles. The fourth-order valence-electron chi connectivity index (χ4n) is 13.3. The molecule has 5 aromatic carbocycles. The van der Waals surface area contributed by atoms with Gasteiger partial charge in [0.2, 0.25) is 47.0 Å². The first-order chi connectivity index (χ1) is 48.8. The normalized spacial score (nSPS) is 16.6. The number of thioether (sulfide) groups is 1. The van der Waals surface area contributed by atoms with Crippen molar-refractivity contribution in [3.05, 3.63) is 192 Å². The maximum atomic E-state index is 15.7. The fraction of sp³-hybridized carbons (Fsp3) is 0.347. The van der Waals surface area contributed by atoms with Gasteiger partial charge in [0.25, 0.3) is 11.5 Å². The Morgan fingerprint density at radius 1 is 0.814 bits per heavy atom. The molecule has 27 heteroatoms. The molecular weight excluding hydrogens is 1330 g/mol. The van der Waals surface area contributed by atoms with Gasteiger partial charge in [-0.25, -0.2) is 28.7 Å². The highest BCUT2D eigenvalue weighted by Gasteiger charge is 2.51. The summed E-state index contributed by atoms with van der Waals surface area (Å²) in [7, 11) is 1.46. The van der Waals surface area contributed by atoms with Crippen LogP contribution in [-0.2, 0) is 97.3 Å². The van der Waals surface area contributed by atoms with Gasteiger partial charge in [0.15, 0.2) is 0 Å². The van der Waals surface area contributed by atoms with Gasteiger partial charge < -0.3 is 55.6 Å². The van der Waals surface area contributed by atoms with E-state index in [0.717, 1.165) is 21.4 Å². The Hall–Kier alpha value is -11.1. The molecule has 0 radical (unpaired) electrons. The molecular formula is C75H77FN10O15S. The molecule has 530 valence electrons. The van der Waals surface area contributed by atoms with Crippen molar-refractivity contribution >= 4 is 99.3 Å². The van der Waals surface area contributed by atoms with Crippen molar-refractivity contribution in [3.63, 3.8) is 0 Å².